The van der Waals surface area contributed by atoms with Crippen molar-refractivity contribution < 1.29 is 8.42 Å². The lowest BCUT2D eigenvalue weighted by molar-refractivity contribution is 0.365. The van der Waals surface area contributed by atoms with Gasteiger partial charge in [0.1, 0.15) is 10.7 Å². The zero-order valence-electron chi connectivity index (χ0n) is 10.7. The van der Waals surface area contributed by atoms with Crippen LogP contribution in [-0.2, 0) is 10.0 Å². The molecular formula is C11H20N4O2S. The minimum absolute atomic E-state index is 0.00858. The highest BCUT2D eigenvalue weighted by molar-refractivity contribution is 7.89. The maximum atomic E-state index is 11.0. The van der Waals surface area contributed by atoms with Crippen molar-refractivity contribution in [1.82, 2.24) is 4.98 Å². The molecule has 6 nitrogen and oxygen atoms in total. The molecular weight excluding hydrogens is 252 g/mol. The van der Waals surface area contributed by atoms with Crippen LogP contribution in [0.25, 0.3) is 0 Å². The van der Waals surface area contributed by atoms with Crippen molar-refractivity contribution in [1.29, 1.82) is 0 Å². The topological polar surface area (TPSA) is 111 Å². The van der Waals surface area contributed by atoms with Gasteiger partial charge in [-0.2, -0.15) is 0 Å². The first-order valence-electron chi connectivity index (χ1n) is 5.67. The lowest BCUT2D eigenvalue weighted by Gasteiger charge is -2.24. The van der Waals surface area contributed by atoms with Crippen molar-refractivity contribution in [2.45, 2.75) is 25.2 Å². The van der Waals surface area contributed by atoms with Crippen LogP contribution in [0.3, 0.4) is 0 Å². The van der Waals surface area contributed by atoms with E-state index in [2.05, 4.69) is 24.1 Å². The van der Waals surface area contributed by atoms with Gasteiger partial charge in [-0.25, -0.2) is 18.5 Å². The average molecular weight is 272 g/mol. The Labute approximate surface area is 108 Å². The standard InChI is InChI=1S/C11H20N4O2S/c1-11(2,5-6-12)8-15-10-4-3-9(7-14-10)18(13,16)17/h3-4,7H,5-6,8,12H2,1-2H3,(H,14,15)(H2,13,16,17). The number of rotatable bonds is 6. The monoisotopic (exact) mass is 272 g/mol. The van der Waals surface area contributed by atoms with Crippen molar-refractivity contribution in [3.63, 3.8) is 0 Å². The molecule has 5 N–H and O–H groups in total. The molecule has 0 amide bonds. The molecule has 0 saturated heterocycles. The molecule has 0 aliphatic carbocycles. The maximum absolute atomic E-state index is 11.0. The molecule has 0 saturated carbocycles. The van der Waals surface area contributed by atoms with Gasteiger partial charge >= 0.3 is 0 Å². The van der Waals surface area contributed by atoms with E-state index in [0.717, 1.165) is 6.42 Å². The van der Waals surface area contributed by atoms with Crippen molar-refractivity contribution >= 4 is 15.8 Å². The molecule has 1 rings (SSSR count). The quantitative estimate of drug-likeness (QED) is 0.699. The fourth-order valence-corrected chi connectivity index (χ4v) is 1.92. The molecule has 0 bridgehead atoms. The van der Waals surface area contributed by atoms with E-state index in [1.165, 1.54) is 12.3 Å². The lowest BCUT2D eigenvalue weighted by atomic mass is 9.89. The number of hydrogen-bond acceptors (Lipinski definition) is 5. The number of primary sulfonamides is 1. The number of hydrogen-bond donors (Lipinski definition) is 3. The summed E-state index contributed by atoms with van der Waals surface area (Å²) >= 11 is 0. The molecule has 0 aliphatic heterocycles. The third-order valence-corrected chi connectivity index (χ3v) is 3.53. The Kier molecular flexibility index (Phi) is 4.66. The smallest absolute Gasteiger partial charge is 0.239 e. The van der Waals surface area contributed by atoms with Crippen LogP contribution in [0.1, 0.15) is 20.3 Å². The first-order chi connectivity index (χ1) is 8.24. The summed E-state index contributed by atoms with van der Waals surface area (Å²) in [5.74, 6) is 0.618. The SMILES string of the molecule is CC(C)(CCN)CNc1ccc(S(N)(=O)=O)cn1. The van der Waals surface area contributed by atoms with Crippen LogP contribution in [-0.4, -0.2) is 26.5 Å². The molecule has 0 unspecified atom stereocenters. The summed E-state index contributed by atoms with van der Waals surface area (Å²) in [5, 5.41) is 8.13. The Morgan fingerprint density at radius 2 is 2.06 bits per heavy atom. The molecule has 0 aliphatic rings. The molecule has 0 spiro atoms. The largest absolute Gasteiger partial charge is 0.370 e. The minimum atomic E-state index is -3.68. The fourth-order valence-electron chi connectivity index (χ4n) is 1.46. The van der Waals surface area contributed by atoms with Gasteiger partial charge < -0.3 is 11.1 Å². The highest BCUT2D eigenvalue weighted by Crippen LogP contribution is 2.20. The zero-order chi connectivity index (χ0) is 13.8. The van der Waals surface area contributed by atoms with Gasteiger partial charge in [0.2, 0.25) is 10.0 Å². The van der Waals surface area contributed by atoms with Crippen LogP contribution in [0.5, 0.6) is 0 Å². The number of nitrogens with zero attached hydrogens (tertiary/aromatic N) is 1. The van der Waals surface area contributed by atoms with E-state index in [9.17, 15) is 8.42 Å². The number of nitrogens with one attached hydrogen (secondary N) is 1. The van der Waals surface area contributed by atoms with E-state index in [-0.39, 0.29) is 10.3 Å². The first kappa shape index (κ1) is 14.9. The Bertz CT molecular complexity index is 482. The fraction of sp³-hybridized carbons (Fsp3) is 0.545. The lowest BCUT2D eigenvalue weighted by Crippen LogP contribution is -2.26. The minimum Gasteiger partial charge on any atom is -0.370 e. The van der Waals surface area contributed by atoms with Crippen LogP contribution in [0, 0.1) is 5.41 Å². The number of pyridine rings is 1. The van der Waals surface area contributed by atoms with Crippen LogP contribution in [0.4, 0.5) is 5.82 Å². The van der Waals surface area contributed by atoms with Gasteiger partial charge in [0.05, 0.1) is 0 Å². The summed E-state index contributed by atoms with van der Waals surface area (Å²) in [6.45, 7) is 5.55. The Hall–Kier alpha value is -1.18. The number of anilines is 1. The number of sulfonamides is 1. The average Bonchev–Trinajstić information content (AvgIpc) is 2.26. The summed E-state index contributed by atoms with van der Waals surface area (Å²) in [4.78, 5) is 4.02. The first-order valence-corrected chi connectivity index (χ1v) is 7.22. The van der Waals surface area contributed by atoms with Gasteiger partial charge in [0.15, 0.2) is 0 Å². The number of nitrogens with two attached hydrogens (primary N) is 2. The Morgan fingerprint density at radius 3 is 2.50 bits per heavy atom. The van der Waals surface area contributed by atoms with Crippen molar-refractivity contribution in [2.24, 2.45) is 16.3 Å². The molecule has 0 atom stereocenters. The molecule has 0 fully saturated rings. The predicted molar refractivity (Wildman–Crippen MR) is 71.6 cm³/mol. The summed E-state index contributed by atoms with van der Waals surface area (Å²) in [6.07, 6.45) is 2.14. The van der Waals surface area contributed by atoms with Crippen molar-refractivity contribution in [3.05, 3.63) is 18.3 Å². The summed E-state index contributed by atoms with van der Waals surface area (Å²) in [7, 11) is -3.68. The summed E-state index contributed by atoms with van der Waals surface area (Å²) in [6, 6.07) is 3.03. The van der Waals surface area contributed by atoms with Gasteiger partial charge in [0, 0.05) is 12.7 Å². The molecule has 1 aromatic rings. The van der Waals surface area contributed by atoms with Crippen molar-refractivity contribution in [2.75, 3.05) is 18.4 Å². The predicted octanol–water partition coefficient (Wildman–Crippen LogP) is 0.516. The van der Waals surface area contributed by atoms with Gasteiger partial charge in [-0.05, 0) is 30.5 Å². The van der Waals surface area contributed by atoms with Gasteiger partial charge in [-0.15, -0.1) is 0 Å². The molecule has 1 aromatic heterocycles. The highest BCUT2D eigenvalue weighted by atomic mass is 32.2. The zero-order valence-corrected chi connectivity index (χ0v) is 11.5. The molecule has 1 heterocycles. The second-order valence-electron chi connectivity index (χ2n) is 4.98. The summed E-state index contributed by atoms with van der Waals surface area (Å²) in [5.41, 5.74) is 5.59. The number of aromatic nitrogens is 1. The Balaban J connectivity index is 2.65. The van der Waals surface area contributed by atoms with Crippen LogP contribution in [0.2, 0.25) is 0 Å². The normalized spacial score (nSPS) is 12.4. The van der Waals surface area contributed by atoms with Gasteiger partial charge in [0.25, 0.3) is 0 Å². The van der Waals surface area contributed by atoms with Gasteiger partial charge in [-0.3, -0.25) is 0 Å². The third kappa shape index (κ3) is 4.59. The van der Waals surface area contributed by atoms with Crippen LogP contribution < -0.4 is 16.2 Å². The second-order valence-corrected chi connectivity index (χ2v) is 6.54. The van der Waals surface area contributed by atoms with E-state index in [0.29, 0.717) is 18.9 Å². The van der Waals surface area contributed by atoms with Crippen molar-refractivity contribution in [3.8, 4) is 0 Å². The summed E-state index contributed by atoms with van der Waals surface area (Å²) < 4.78 is 22.1. The van der Waals surface area contributed by atoms with Gasteiger partial charge in [-0.1, -0.05) is 13.8 Å². The molecule has 0 radical (unpaired) electrons. The molecule has 7 heteroatoms. The van der Waals surface area contributed by atoms with E-state index in [4.69, 9.17) is 10.9 Å². The van der Waals surface area contributed by atoms with Crippen LogP contribution >= 0.6 is 0 Å². The Morgan fingerprint density at radius 1 is 1.39 bits per heavy atom. The molecule has 0 aromatic carbocycles. The molecule has 102 valence electrons. The highest BCUT2D eigenvalue weighted by Gasteiger charge is 2.16. The van der Waals surface area contributed by atoms with E-state index in [1.54, 1.807) is 6.07 Å². The van der Waals surface area contributed by atoms with E-state index >= 15 is 0 Å². The van der Waals surface area contributed by atoms with Crippen LogP contribution in [0.15, 0.2) is 23.2 Å². The third-order valence-electron chi connectivity index (χ3n) is 2.63. The maximum Gasteiger partial charge on any atom is 0.239 e. The van der Waals surface area contributed by atoms with E-state index < -0.39 is 10.0 Å². The van der Waals surface area contributed by atoms with E-state index in [1.807, 2.05) is 0 Å². The second kappa shape index (κ2) is 5.64. The molecule has 18 heavy (non-hydrogen) atoms.